The highest BCUT2D eigenvalue weighted by atomic mass is 16.5. The Morgan fingerprint density at radius 3 is 2.38 bits per heavy atom. The Bertz CT molecular complexity index is 481. The van der Waals surface area contributed by atoms with Gasteiger partial charge in [0.1, 0.15) is 5.75 Å². The van der Waals surface area contributed by atoms with E-state index in [1.807, 2.05) is 24.3 Å². The largest absolute Gasteiger partial charge is 0.493 e. The number of nitrogens with zero attached hydrogens (tertiary/aromatic N) is 3. The monoisotopic (exact) mass is 285 g/mol. The fourth-order valence-corrected chi connectivity index (χ4v) is 1.94. The summed E-state index contributed by atoms with van der Waals surface area (Å²) in [4.78, 5) is 2.13. The van der Waals surface area contributed by atoms with Crippen molar-refractivity contribution >= 4 is 0 Å². The van der Waals surface area contributed by atoms with Gasteiger partial charge in [-0.3, -0.25) is 4.90 Å². The summed E-state index contributed by atoms with van der Waals surface area (Å²) >= 11 is 0. The van der Waals surface area contributed by atoms with E-state index in [1.165, 1.54) is 0 Å². The molecule has 1 aromatic carbocycles. The van der Waals surface area contributed by atoms with E-state index in [4.69, 9.17) is 15.3 Å². The third-order valence-electron chi connectivity index (χ3n) is 2.97. The molecule has 21 heavy (non-hydrogen) atoms. The molecular weight excluding hydrogens is 262 g/mol. The Kier molecular flexibility index (Phi) is 7.94. The van der Waals surface area contributed by atoms with E-state index < -0.39 is 0 Å². The average molecular weight is 285 g/mol. The summed E-state index contributed by atoms with van der Waals surface area (Å²) in [7, 11) is 0. The third-order valence-corrected chi connectivity index (χ3v) is 2.97. The van der Waals surface area contributed by atoms with E-state index in [2.05, 4.69) is 30.9 Å². The first-order valence-electron chi connectivity index (χ1n) is 7.33. The van der Waals surface area contributed by atoms with Gasteiger partial charge >= 0.3 is 0 Å². The van der Waals surface area contributed by atoms with Crippen molar-refractivity contribution in [3.05, 3.63) is 29.8 Å². The number of hydrogen-bond acceptors (Lipinski definition) is 4. The molecule has 0 radical (unpaired) electrons. The standard InChI is InChI=1S/C17H23N3O/c1-15(2)14-21-17-7-3-6-16(12-17)13-20(10-4-8-18)11-5-9-19/h3,6-7,12,15H,4-5,10-11,13-14H2,1-2H3. The van der Waals surface area contributed by atoms with Gasteiger partial charge in [-0.05, 0) is 23.6 Å². The van der Waals surface area contributed by atoms with Crippen LogP contribution in [0.4, 0.5) is 0 Å². The van der Waals surface area contributed by atoms with Crippen molar-refractivity contribution in [3.63, 3.8) is 0 Å². The molecule has 0 aliphatic heterocycles. The molecule has 0 aromatic heterocycles. The van der Waals surface area contributed by atoms with Crippen LogP contribution in [0.15, 0.2) is 24.3 Å². The zero-order chi connectivity index (χ0) is 15.5. The highest BCUT2D eigenvalue weighted by molar-refractivity contribution is 5.28. The maximum absolute atomic E-state index is 8.71. The summed E-state index contributed by atoms with van der Waals surface area (Å²) in [5.41, 5.74) is 1.15. The second-order valence-electron chi connectivity index (χ2n) is 5.44. The first-order valence-corrected chi connectivity index (χ1v) is 7.33. The summed E-state index contributed by atoms with van der Waals surface area (Å²) in [6, 6.07) is 12.3. The minimum Gasteiger partial charge on any atom is -0.493 e. The van der Waals surface area contributed by atoms with Crippen molar-refractivity contribution < 1.29 is 4.74 Å². The Morgan fingerprint density at radius 1 is 1.14 bits per heavy atom. The Morgan fingerprint density at radius 2 is 1.81 bits per heavy atom. The van der Waals surface area contributed by atoms with Gasteiger partial charge in [0.05, 0.1) is 18.7 Å². The van der Waals surface area contributed by atoms with Crippen molar-refractivity contribution in [2.45, 2.75) is 33.2 Å². The van der Waals surface area contributed by atoms with Gasteiger partial charge in [-0.1, -0.05) is 26.0 Å². The highest BCUT2D eigenvalue weighted by Crippen LogP contribution is 2.16. The first-order chi connectivity index (χ1) is 10.2. The molecule has 0 unspecified atom stereocenters. The van der Waals surface area contributed by atoms with Crippen LogP contribution < -0.4 is 4.74 Å². The first kappa shape index (κ1) is 17.0. The summed E-state index contributed by atoms with van der Waals surface area (Å²) in [6.45, 7) is 7.06. The van der Waals surface area contributed by atoms with Crippen LogP contribution in [-0.4, -0.2) is 24.6 Å². The summed E-state index contributed by atoms with van der Waals surface area (Å²) in [6.07, 6.45) is 0.962. The van der Waals surface area contributed by atoms with Crippen LogP contribution in [0.5, 0.6) is 5.75 Å². The van der Waals surface area contributed by atoms with Crippen LogP contribution in [0, 0.1) is 28.6 Å². The molecule has 0 amide bonds. The number of benzene rings is 1. The van der Waals surface area contributed by atoms with E-state index in [1.54, 1.807) is 0 Å². The van der Waals surface area contributed by atoms with Crippen LogP contribution in [0.3, 0.4) is 0 Å². The van der Waals surface area contributed by atoms with Crippen molar-refractivity contribution in [2.75, 3.05) is 19.7 Å². The third kappa shape index (κ3) is 7.34. The van der Waals surface area contributed by atoms with Crippen LogP contribution in [0.1, 0.15) is 32.3 Å². The lowest BCUT2D eigenvalue weighted by Gasteiger charge is -2.20. The zero-order valence-corrected chi connectivity index (χ0v) is 12.9. The average Bonchev–Trinajstić information content (AvgIpc) is 2.48. The van der Waals surface area contributed by atoms with Crippen LogP contribution in [-0.2, 0) is 6.54 Å². The summed E-state index contributed by atoms with van der Waals surface area (Å²) in [5, 5.41) is 17.4. The number of hydrogen-bond donors (Lipinski definition) is 0. The van der Waals surface area contributed by atoms with E-state index in [9.17, 15) is 0 Å². The molecular formula is C17H23N3O. The quantitative estimate of drug-likeness (QED) is 0.698. The van der Waals surface area contributed by atoms with Gasteiger partial charge in [-0.15, -0.1) is 0 Å². The molecule has 1 aromatic rings. The van der Waals surface area contributed by atoms with Gasteiger partial charge in [0.2, 0.25) is 0 Å². The van der Waals surface area contributed by atoms with Gasteiger partial charge in [0, 0.05) is 32.5 Å². The molecule has 0 aliphatic rings. The maximum Gasteiger partial charge on any atom is 0.119 e. The van der Waals surface area contributed by atoms with Crippen molar-refractivity contribution in [3.8, 4) is 17.9 Å². The lowest BCUT2D eigenvalue weighted by molar-refractivity contribution is 0.266. The SMILES string of the molecule is CC(C)COc1cccc(CN(CCC#N)CCC#N)c1. The molecule has 0 saturated heterocycles. The van der Waals surface area contributed by atoms with Gasteiger partial charge in [0.15, 0.2) is 0 Å². The van der Waals surface area contributed by atoms with Crippen molar-refractivity contribution in [1.82, 2.24) is 4.90 Å². The molecule has 0 aliphatic carbocycles. The fourth-order valence-electron chi connectivity index (χ4n) is 1.94. The number of ether oxygens (including phenoxy) is 1. The molecule has 0 saturated carbocycles. The minimum atomic E-state index is 0.481. The molecule has 4 heteroatoms. The lowest BCUT2D eigenvalue weighted by Crippen LogP contribution is -2.25. The Hall–Kier alpha value is -2.04. The molecule has 0 atom stereocenters. The normalized spacial score (nSPS) is 10.4. The van der Waals surface area contributed by atoms with Gasteiger partial charge < -0.3 is 4.74 Å². The van der Waals surface area contributed by atoms with E-state index >= 15 is 0 Å². The fraction of sp³-hybridized carbons (Fsp3) is 0.529. The maximum atomic E-state index is 8.71. The molecule has 0 heterocycles. The molecule has 0 bridgehead atoms. The Labute approximate surface area is 127 Å². The summed E-state index contributed by atoms with van der Waals surface area (Å²) < 4.78 is 5.73. The number of nitriles is 2. The zero-order valence-electron chi connectivity index (χ0n) is 12.9. The molecule has 0 fully saturated rings. The molecule has 0 spiro atoms. The molecule has 1 rings (SSSR count). The van der Waals surface area contributed by atoms with Crippen LogP contribution in [0.2, 0.25) is 0 Å². The predicted molar refractivity (Wildman–Crippen MR) is 82.5 cm³/mol. The minimum absolute atomic E-state index is 0.481. The number of rotatable bonds is 9. The van der Waals surface area contributed by atoms with Crippen molar-refractivity contribution in [1.29, 1.82) is 10.5 Å². The van der Waals surface area contributed by atoms with Gasteiger partial charge in [-0.2, -0.15) is 10.5 Å². The topological polar surface area (TPSA) is 60.0 Å². The second-order valence-corrected chi connectivity index (χ2v) is 5.44. The summed E-state index contributed by atoms with van der Waals surface area (Å²) in [5.74, 6) is 1.37. The molecule has 0 N–H and O–H groups in total. The van der Waals surface area contributed by atoms with Crippen LogP contribution in [0.25, 0.3) is 0 Å². The highest BCUT2D eigenvalue weighted by Gasteiger charge is 2.07. The van der Waals surface area contributed by atoms with E-state index in [0.717, 1.165) is 17.9 Å². The van der Waals surface area contributed by atoms with Gasteiger partial charge in [-0.25, -0.2) is 0 Å². The lowest BCUT2D eigenvalue weighted by atomic mass is 10.2. The Balaban J connectivity index is 2.63. The molecule has 4 nitrogen and oxygen atoms in total. The second kappa shape index (κ2) is 9.80. The predicted octanol–water partition coefficient (Wildman–Crippen LogP) is 3.35. The van der Waals surface area contributed by atoms with E-state index in [-0.39, 0.29) is 0 Å². The smallest absolute Gasteiger partial charge is 0.119 e. The van der Waals surface area contributed by atoms with Gasteiger partial charge in [0.25, 0.3) is 0 Å². The van der Waals surface area contributed by atoms with Crippen molar-refractivity contribution in [2.24, 2.45) is 5.92 Å². The van der Waals surface area contributed by atoms with E-state index in [0.29, 0.717) is 38.5 Å². The van der Waals surface area contributed by atoms with Crippen LogP contribution >= 0.6 is 0 Å². The molecule has 112 valence electrons.